The van der Waals surface area contributed by atoms with Gasteiger partial charge in [0.05, 0.1) is 10.5 Å². The molecule has 0 aliphatic carbocycles. The lowest BCUT2D eigenvalue weighted by molar-refractivity contribution is -0.384. The zero-order valence-corrected chi connectivity index (χ0v) is 13.5. The number of H-pyrrole nitrogens is 1. The Labute approximate surface area is 143 Å². The van der Waals surface area contributed by atoms with Crippen molar-refractivity contribution < 1.29 is 9.72 Å². The van der Waals surface area contributed by atoms with Crippen LogP contribution in [0.2, 0.25) is 0 Å². The molecule has 2 heterocycles. The SMILES string of the molecule is Cl.O=C(NCC1CCCN1)c1cc(=O)[nH]c2ccc([N+](=O)[O-])cc12. The number of nitrogens with one attached hydrogen (secondary N) is 3. The number of aromatic amines is 1. The number of fused-ring (bicyclic) bond motifs is 1. The van der Waals surface area contributed by atoms with Crippen LogP contribution in [0.4, 0.5) is 5.69 Å². The summed E-state index contributed by atoms with van der Waals surface area (Å²) in [5, 5.41) is 17.3. The van der Waals surface area contributed by atoms with Crippen LogP contribution in [-0.4, -0.2) is 34.9 Å². The number of non-ortho nitro benzene ring substituents is 1. The molecular formula is C15H17ClN4O4. The van der Waals surface area contributed by atoms with Crippen molar-refractivity contribution in [3.05, 3.63) is 50.3 Å². The molecule has 1 unspecified atom stereocenters. The van der Waals surface area contributed by atoms with Crippen LogP contribution in [0.1, 0.15) is 23.2 Å². The molecule has 8 nitrogen and oxygen atoms in total. The molecule has 1 aromatic carbocycles. The standard InChI is InChI=1S/C15H16N4O4.ClH/c20-14-7-12(15(21)17-8-9-2-1-5-16-9)11-6-10(19(22)23)3-4-13(11)18-14;/h3-4,6-7,9,16H,1-2,5,8H2,(H,17,21)(H,18,20);1H. The summed E-state index contributed by atoms with van der Waals surface area (Å²) in [6.45, 7) is 1.39. The van der Waals surface area contributed by atoms with Gasteiger partial charge in [-0.2, -0.15) is 0 Å². The first-order valence-corrected chi connectivity index (χ1v) is 7.37. The topological polar surface area (TPSA) is 117 Å². The van der Waals surface area contributed by atoms with E-state index in [0.717, 1.165) is 19.4 Å². The fourth-order valence-corrected chi connectivity index (χ4v) is 2.79. The van der Waals surface area contributed by atoms with Crippen molar-refractivity contribution in [1.82, 2.24) is 15.6 Å². The first kappa shape index (κ1) is 17.9. The van der Waals surface area contributed by atoms with E-state index in [-0.39, 0.29) is 29.7 Å². The molecule has 0 bridgehead atoms. The molecule has 3 rings (SSSR count). The van der Waals surface area contributed by atoms with Gasteiger partial charge in [0.25, 0.3) is 11.6 Å². The predicted octanol–water partition coefficient (Wildman–Crippen LogP) is 1.34. The van der Waals surface area contributed by atoms with Gasteiger partial charge in [-0.05, 0) is 25.5 Å². The van der Waals surface area contributed by atoms with Crippen LogP contribution < -0.4 is 16.2 Å². The lowest BCUT2D eigenvalue weighted by Crippen LogP contribution is -2.37. The normalized spacial score (nSPS) is 16.6. The van der Waals surface area contributed by atoms with Crippen molar-refractivity contribution in [2.75, 3.05) is 13.1 Å². The van der Waals surface area contributed by atoms with Crippen molar-refractivity contribution in [3.63, 3.8) is 0 Å². The summed E-state index contributed by atoms with van der Waals surface area (Å²) in [4.78, 5) is 37.1. The molecule has 1 aliphatic rings. The van der Waals surface area contributed by atoms with E-state index >= 15 is 0 Å². The third-order valence-corrected chi connectivity index (χ3v) is 3.95. The van der Waals surface area contributed by atoms with Gasteiger partial charge in [-0.1, -0.05) is 0 Å². The molecule has 24 heavy (non-hydrogen) atoms. The highest BCUT2D eigenvalue weighted by atomic mass is 35.5. The van der Waals surface area contributed by atoms with Gasteiger partial charge in [0, 0.05) is 41.7 Å². The summed E-state index contributed by atoms with van der Waals surface area (Å²) in [5.41, 5.74) is -0.00996. The summed E-state index contributed by atoms with van der Waals surface area (Å²) in [6.07, 6.45) is 2.06. The van der Waals surface area contributed by atoms with Crippen molar-refractivity contribution in [2.24, 2.45) is 0 Å². The molecule has 1 aromatic heterocycles. The molecule has 1 amide bonds. The molecule has 0 saturated carbocycles. The zero-order valence-electron chi connectivity index (χ0n) is 12.7. The number of aromatic nitrogens is 1. The highest BCUT2D eigenvalue weighted by Gasteiger charge is 2.18. The van der Waals surface area contributed by atoms with E-state index in [1.165, 1.54) is 24.3 Å². The fraction of sp³-hybridized carbons (Fsp3) is 0.333. The van der Waals surface area contributed by atoms with Crippen molar-refractivity contribution in [3.8, 4) is 0 Å². The van der Waals surface area contributed by atoms with E-state index in [4.69, 9.17) is 0 Å². The van der Waals surface area contributed by atoms with E-state index in [1.807, 2.05) is 0 Å². The number of carbonyl (C=O) groups excluding carboxylic acids is 1. The number of nitro groups is 1. The Balaban J connectivity index is 0.00000208. The molecule has 3 N–H and O–H groups in total. The number of halogens is 1. The fourth-order valence-electron chi connectivity index (χ4n) is 2.79. The second-order valence-electron chi connectivity index (χ2n) is 5.54. The summed E-state index contributed by atoms with van der Waals surface area (Å²) in [7, 11) is 0. The number of nitro benzene ring substituents is 1. The lowest BCUT2D eigenvalue weighted by atomic mass is 10.1. The Morgan fingerprint density at radius 2 is 2.17 bits per heavy atom. The number of benzene rings is 1. The minimum absolute atomic E-state index is 0. The maximum atomic E-state index is 12.4. The van der Waals surface area contributed by atoms with E-state index in [9.17, 15) is 19.7 Å². The van der Waals surface area contributed by atoms with E-state index in [2.05, 4.69) is 15.6 Å². The third kappa shape index (κ3) is 3.72. The predicted molar refractivity (Wildman–Crippen MR) is 91.8 cm³/mol. The zero-order chi connectivity index (χ0) is 16.4. The first-order valence-electron chi connectivity index (χ1n) is 7.37. The number of hydrogen-bond donors (Lipinski definition) is 3. The van der Waals surface area contributed by atoms with Gasteiger partial charge in [0.2, 0.25) is 5.56 Å². The molecule has 128 valence electrons. The molecule has 1 saturated heterocycles. The van der Waals surface area contributed by atoms with Crippen molar-refractivity contribution >= 4 is 34.9 Å². The van der Waals surface area contributed by atoms with Crippen LogP contribution in [0.5, 0.6) is 0 Å². The molecule has 1 fully saturated rings. The van der Waals surface area contributed by atoms with Gasteiger partial charge in [-0.25, -0.2) is 0 Å². The largest absolute Gasteiger partial charge is 0.350 e. The molecule has 1 atom stereocenters. The van der Waals surface area contributed by atoms with Gasteiger partial charge >= 0.3 is 0 Å². The van der Waals surface area contributed by atoms with E-state index < -0.39 is 16.4 Å². The van der Waals surface area contributed by atoms with Crippen LogP contribution in [0.15, 0.2) is 29.1 Å². The average Bonchev–Trinajstić information content (AvgIpc) is 3.04. The van der Waals surface area contributed by atoms with Crippen LogP contribution in [0, 0.1) is 10.1 Å². The highest BCUT2D eigenvalue weighted by Crippen LogP contribution is 2.21. The quantitative estimate of drug-likeness (QED) is 0.567. The Kier molecular flexibility index (Phi) is 5.53. The van der Waals surface area contributed by atoms with Gasteiger partial charge < -0.3 is 15.6 Å². The number of rotatable bonds is 4. The molecule has 2 aromatic rings. The monoisotopic (exact) mass is 352 g/mol. The maximum Gasteiger partial charge on any atom is 0.270 e. The Morgan fingerprint density at radius 1 is 1.38 bits per heavy atom. The summed E-state index contributed by atoms with van der Waals surface area (Å²) < 4.78 is 0. The van der Waals surface area contributed by atoms with Crippen LogP contribution in [0.3, 0.4) is 0 Å². The summed E-state index contributed by atoms with van der Waals surface area (Å²) in [5.74, 6) is -0.407. The van der Waals surface area contributed by atoms with Crippen molar-refractivity contribution in [2.45, 2.75) is 18.9 Å². The summed E-state index contributed by atoms with van der Waals surface area (Å²) in [6, 6.07) is 5.42. The first-order chi connectivity index (χ1) is 11.0. The van der Waals surface area contributed by atoms with E-state index in [0.29, 0.717) is 17.4 Å². The number of pyridine rings is 1. The Morgan fingerprint density at radius 3 is 2.83 bits per heavy atom. The Hall–Kier alpha value is -2.45. The lowest BCUT2D eigenvalue weighted by Gasteiger charge is -2.12. The minimum atomic E-state index is -0.533. The Bertz CT molecular complexity index is 830. The second-order valence-corrected chi connectivity index (χ2v) is 5.54. The molecule has 9 heteroatoms. The van der Waals surface area contributed by atoms with Crippen LogP contribution in [0.25, 0.3) is 10.9 Å². The maximum absolute atomic E-state index is 12.4. The number of nitrogens with zero attached hydrogens (tertiary/aromatic N) is 1. The number of hydrogen-bond acceptors (Lipinski definition) is 5. The number of carbonyl (C=O) groups is 1. The third-order valence-electron chi connectivity index (χ3n) is 3.95. The van der Waals surface area contributed by atoms with Crippen LogP contribution >= 0.6 is 12.4 Å². The van der Waals surface area contributed by atoms with Gasteiger partial charge in [-0.15, -0.1) is 12.4 Å². The smallest absolute Gasteiger partial charge is 0.270 e. The minimum Gasteiger partial charge on any atom is -0.350 e. The van der Waals surface area contributed by atoms with Crippen LogP contribution in [-0.2, 0) is 0 Å². The van der Waals surface area contributed by atoms with Gasteiger partial charge in [0.15, 0.2) is 0 Å². The molecular weight excluding hydrogens is 336 g/mol. The summed E-state index contributed by atoms with van der Waals surface area (Å²) >= 11 is 0. The molecule has 0 spiro atoms. The van der Waals surface area contributed by atoms with Crippen molar-refractivity contribution in [1.29, 1.82) is 0 Å². The molecule has 0 radical (unpaired) electrons. The average molecular weight is 353 g/mol. The second kappa shape index (κ2) is 7.41. The van der Waals surface area contributed by atoms with E-state index in [1.54, 1.807) is 0 Å². The van der Waals surface area contributed by atoms with Gasteiger partial charge in [-0.3, -0.25) is 19.7 Å². The number of amides is 1. The molecule has 1 aliphatic heterocycles. The highest BCUT2D eigenvalue weighted by molar-refractivity contribution is 6.06. The van der Waals surface area contributed by atoms with Gasteiger partial charge in [0.1, 0.15) is 0 Å².